The fourth-order valence-corrected chi connectivity index (χ4v) is 3.97. The zero-order valence-electron chi connectivity index (χ0n) is 17.7. The molecule has 0 bridgehead atoms. The van der Waals surface area contributed by atoms with Crippen molar-refractivity contribution in [1.82, 2.24) is 4.90 Å². The van der Waals surface area contributed by atoms with Gasteiger partial charge in [-0.3, -0.25) is 4.79 Å². The lowest BCUT2D eigenvalue weighted by atomic mass is 10.1. The van der Waals surface area contributed by atoms with Gasteiger partial charge >= 0.3 is 0 Å². The summed E-state index contributed by atoms with van der Waals surface area (Å²) in [5.74, 6) is 1.55. The number of nitrogens with one attached hydrogen (secondary N) is 2. The maximum atomic E-state index is 12.8. The molecule has 1 heterocycles. The van der Waals surface area contributed by atoms with Crippen molar-refractivity contribution in [1.29, 1.82) is 0 Å². The summed E-state index contributed by atoms with van der Waals surface area (Å²) in [6, 6.07) is 16.4. The zero-order chi connectivity index (χ0) is 20.6. The van der Waals surface area contributed by atoms with Gasteiger partial charge in [-0.15, -0.1) is 0 Å². The predicted octanol–water partition coefficient (Wildman–Crippen LogP) is -0.354. The molecule has 1 aliphatic heterocycles. The van der Waals surface area contributed by atoms with Crippen LogP contribution in [0.4, 0.5) is 0 Å². The van der Waals surface area contributed by atoms with Crippen molar-refractivity contribution < 1.29 is 24.1 Å². The number of rotatable bonds is 8. The molecule has 29 heavy (non-hydrogen) atoms. The third-order valence-corrected chi connectivity index (χ3v) is 5.68. The first-order chi connectivity index (χ1) is 14.1. The number of ether oxygens (including phenoxy) is 2. The molecule has 0 spiro atoms. The van der Waals surface area contributed by atoms with Crippen LogP contribution in [0, 0.1) is 0 Å². The molecule has 1 saturated heterocycles. The summed E-state index contributed by atoms with van der Waals surface area (Å²) in [4.78, 5) is 17.5. The Morgan fingerprint density at radius 2 is 1.62 bits per heavy atom. The number of amides is 1. The number of likely N-dealkylation sites (N-methyl/N-ethyl adjacent to an activating group) is 1. The Labute approximate surface area is 173 Å². The minimum Gasteiger partial charge on any atom is -0.493 e. The van der Waals surface area contributed by atoms with Crippen LogP contribution in [0.1, 0.15) is 11.1 Å². The zero-order valence-corrected chi connectivity index (χ0v) is 17.7. The first kappa shape index (κ1) is 21.1. The second kappa shape index (κ2) is 10.3. The largest absolute Gasteiger partial charge is 0.493 e. The summed E-state index contributed by atoms with van der Waals surface area (Å²) >= 11 is 0. The molecule has 0 unspecified atom stereocenters. The summed E-state index contributed by atoms with van der Waals surface area (Å²) in [7, 11) is 5.11. The fraction of sp³-hybridized carbons (Fsp3) is 0.435. The highest BCUT2D eigenvalue weighted by Gasteiger charge is 2.26. The first-order valence-corrected chi connectivity index (χ1v) is 10.3. The minimum absolute atomic E-state index is 0.163. The van der Waals surface area contributed by atoms with Crippen LogP contribution in [-0.4, -0.2) is 64.8 Å². The number of para-hydroxylation sites is 1. The number of nitrogens with zero attached hydrogens (tertiary/aromatic N) is 1. The molecular formula is C23H33N3O3+2. The third-order valence-electron chi connectivity index (χ3n) is 5.68. The van der Waals surface area contributed by atoms with Crippen LogP contribution in [0.25, 0.3) is 0 Å². The Morgan fingerprint density at radius 1 is 0.931 bits per heavy atom. The van der Waals surface area contributed by atoms with Crippen molar-refractivity contribution >= 4 is 5.91 Å². The van der Waals surface area contributed by atoms with Gasteiger partial charge in [0.05, 0.1) is 14.2 Å². The van der Waals surface area contributed by atoms with Crippen LogP contribution in [0.15, 0.2) is 48.5 Å². The Kier molecular flexibility index (Phi) is 7.49. The summed E-state index contributed by atoms with van der Waals surface area (Å²) in [5, 5.41) is 0. The van der Waals surface area contributed by atoms with Crippen molar-refractivity contribution in [3.8, 4) is 11.5 Å². The second-order valence-electron chi connectivity index (χ2n) is 7.74. The van der Waals surface area contributed by atoms with E-state index in [-0.39, 0.29) is 5.91 Å². The molecule has 6 heteroatoms. The fourth-order valence-electron chi connectivity index (χ4n) is 3.97. The Bertz CT molecular complexity index is 789. The van der Waals surface area contributed by atoms with Gasteiger partial charge in [0.15, 0.2) is 18.0 Å². The van der Waals surface area contributed by atoms with Gasteiger partial charge < -0.3 is 24.2 Å². The van der Waals surface area contributed by atoms with Gasteiger partial charge in [-0.25, -0.2) is 0 Å². The third kappa shape index (κ3) is 5.71. The van der Waals surface area contributed by atoms with Gasteiger partial charge in [-0.2, -0.15) is 0 Å². The number of methoxy groups -OCH3 is 2. The number of quaternary nitrogens is 2. The summed E-state index contributed by atoms with van der Waals surface area (Å²) in [6.45, 7) is 6.39. The van der Waals surface area contributed by atoms with Crippen molar-refractivity contribution in [2.45, 2.75) is 13.1 Å². The van der Waals surface area contributed by atoms with E-state index in [1.807, 2.05) is 25.2 Å². The van der Waals surface area contributed by atoms with Crippen LogP contribution in [0.5, 0.6) is 11.5 Å². The molecular weight excluding hydrogens is 366 g/mol. The molecule has 2 aromatic rings. The Morgan fingerprint density at radius 3 is 2.28 bits per heavy atom. The normalized spacial score (nSPS) is 18.9. The molecule has 0 atom stereocenters. The molecule has 6 nitrogen and oxygen atoms in total. The van der Waals surface area contributed by atoms with Gasteiger partial charge in [0.25, 0.3) is 5.91 Å². The molecule has 0 aromatic heterocycles. The van der Waals surface area contributed by atoms with E-state index in [4.69, 9.17) is 9.47 Å². The standard InChI is InChI=1S/C23H31N3O3/c1-24(17-20-10-7-11-21(28-2)23(20)29-3)22(27)18-26-14-12-25(13-15-26)16-19-8-5-4-6-9-19/h4-11H,12-18H2,1-3H3/p+2. The average Bonchev–Trinajstić information content (AvgIpc) is 2.75. The number of benzene rings is 2. The SMILES string of the molecule is COc1cccc(CN(C)C(=O)C[NH+]2CC[NH+](Cc3ccccc3)CC2)c1OC. The molecule has 0 radical (unpaired) electrons. The van der Waals surface area contributed by atoms with Crippen LogP contribution in [-0.2, 0) is 17.9 Å². The Hall–Kier alpha value is -2.57. The van der Waals surface area contributed by atoms with Crippen LogP contribution in [0.3, 0.4) is 0 Å². The maximum absolute atomic E-state index is 12.8. The van der Waals surface area contributed by atoms with E-state index in [0.717, 1.165) is 38.3 Å². The van der Waals surface area contributed by atoms with Crippen LogP contribution in [0.2, 0.25) is 0 Å². The summed E-state index contributed by atoms with van der Waals surface area (Å²) in [6.07, 6.45) is 0. The van der Waals surface area contributed by atoms with Gasteiger partial charge in [0, 0.05) is 24.7 Å². The maximum Gasteiger partial charge on any atom is 0.277 e. The molecule has 3 rings (SSSR count). The molecule has 2 aromatic carbocycles. The Balaban J connectivity index is 1.48. The van der Waals surface area contributed by atoms with E-state index < -0.39 is 0 Å². The number of hydrogen-bond donors (Lipinski definition) is 2. The van der Waals surface area contributed by atoms with Crippen LogP contribution >= 0.6 is 0 Å². The molecule has 0 saturated carbocycles. The van der Waals surface area contributed by atoms with Gasteiger partial charge in [-0.05, 0) is 6.07 Å². The molecule has 1 amide bonds. The van der Waals surface area contributed by atoms with Gasteiger partial charge in [0.2, 0.25) is 0 Å². The predicted molar refractivity (Wildman–Crippen MR) is 112 cm³/mol. The molecule has 156 valence electrons. The highest BCUT2D eigenvalue weighted by Crippen LogP contribution is 2.31. The smallest absolute Gasteiger partial charge is 0.277 e. The highest BCUT2D eigenvalue weighted by molar-refractivity contribution is 5.77. The van der Waals surface area contributed by atoms with E-state index in [0.29, 0.717) is 24.6 Å². The topological polar surface area (TPSA) is 47.6 Å². The van der Waals surface area contributed by atoms with E-state index in [1.165, 1.54) is 10.5 Å². The number of piperazine rings is 1. The lowest BCUT2D eigenvalue weighted by molar-refractivity contribution is -1.02. The second-order valence-corrected chi connectivity index (χ2v) is 7.74. The average molecular weight is 400 g/mol. The van der Waals surface area contributed by atoms with Crippen molar-refractivity contribution in [2.24, 2.45) is 0 Å². The lowest BCUT2D eigenvalue weighted by Crippen LogP contribution is -3.28. The first-order valence-electron chi connectivity index (χ1n) is 10.3. The van der Waals surface area contributed by atoms with Crippen LogP contribution < -0.4 is 19.3 Å². The number of hydrogen-bond acceptors (Lipinski definition) is 3. The van der Waals surface area contributed by atoms with Crippen molar-refractivity contribution in [3.05, 3.63) is 59.7 Å². The number of carbonyl (C=O) groups is 1. The minimum atomic E-state index is 0.163. The van der Waals surface area contributed by atoms with E-state index in [1.54, 1.807) is 24.0 Å². The summed E-state index contributed by atoms with van der Waals surface area (Å²) in [5.41, 5.74) is 2.34. The van der Waals surface area contributed by atoms with E-state index >= 15 is 0 Å². The molecule has 1 fully saturated rings. The highest BCUT2D eigenvalue weighted by atomic mass is 16.5. The monoisotopic (exact) mass is 399 g/mol. The number of carbonyl (C=O) groups excluding carboxylic acids is 1. The van der Waals surface area contributed by atoms with Crippen molar-refractivity contribution in [2.75, 3.05) is 54.0 Å². The molecule has 2 N–H and O–H groups in total. The quantitative estimate of drug-likeness (QED) is 0.638. The van der Waals surface area contributed by atoms with Gasteiger partial charge in [0.1, 0.15) is 32.7 Å². The molecule has 0 aliphatic carbocycles. The van der Waals surface area contributed by atoms with Crippen molar-refractivity contribution in [3.63, 3.8) is 0 Å². The van der Waals surface area contributed by atoms with Gasteiger partial charge in [-0.1, -0.05) is 42.5 Å². The summed E-state index contributed by atoms with van der Waals surface area (Å²) < 4.78 is 10.8. The van der Waals surface area contributed by atoms with E-state index in [2.05, 4.69) is 30.3 Å². The van der Waals surface area contributed by atoms with E-state index in [9.17, 15) is 4.79 Å². The lowest BCUT2D eigenvalue weighted by Gasteiger charge is -2.30. The molecule has 1 aliphatic rings.